The van der Waals surface area contributed by atoms with Crippen molar-refractivity contribution in [2.75, 3.05) is 13.2 Å². The first-order valence-corrected chi connectivity index (χ1v) is 41.6. The molecule has 0 fully saturated rings. The highest BCUT2D eigenvalue weighted by molar-refractivity contribution is 5.76. The summed E-state index contributed by atoms with van der Waals surface area (Å²) in [6.45, 7) is 5.01. The molecule has 6 nitrogen and oxygen atoms in total. The molecule has 0 rings (SSSR count). The molecular formula is C84H163NO5. The maximum Gasteiger partial charge on any atom is 0.305 e. The van der Waals surface area contributed by atoms with Gasteiger partial charge in [0, 0.05) is 12.8 Å². The third kappa shape index (κ3) is 75.4. The van der Waals surface area contributed by atoms with E-state index in [0.29, 0.717) is 25.9 Å². The van der Waals surface area contributed by atoms with Crippen molar-refractivity contribution in [3.63, 3.8) is 0 Å². The van der Waals surface area contributed by atoms with Crippen molar-refractivity contribution in [2.45, 2.75) is 488 Å². The average molecular weight is 1270 g/mol. The molecular weight excluding hydrogens is 1100 g/mol. The zero-order chi connectivity index (χ0) is 64.9. The van der Waals surface area contributed by atoms with E-state index in [4.69, 9.17) is 4.74 Å². The smallest absolute Gasteiger partial charge is 0.305 e. The van der Waals surface area contributed by atoms with Gasteiger partial charge in [-0.05, 0) is 57.8 Å². The fraction of sp³-hybridized carbons (Fsp3) is 0.929. The average Bonchev–Trinajstić information content (AvgIpc) is 3.72. The Morgan fingerprint density at radius 1 is 0.311 bits per heavy atom. The zero-order valence-corrected chi connectivity index (χ0v) is 61.4. The Hall–Kier alpha value is -1.66. The summed E-state index contributed by atoms with van der Waals surface area (Å²) in [5.41, 5.74) is 0. The van der Waals surface area contributed by atoms with Gasteiger partial charge in [-0.3, -0.25) is 9.59 Å². The molecule has 0 aliphatic rings. The van der Waals surface area contributed by atoms with Crippen molar-refractivity contribution >= 4 is 11.9 Å². The van der Waals surface area contributed by atoms with E-state index in [0.717, 1.165) is 44.9 Å². The van der Waals surface area contributed by atoms with Crippen LogP contribution in [0.1, 0.15) is 476 Å². The number of carbonyl (C=O) groups excluding carboxylic acids is 2. The van der Waals surface area contributed by atoms with Crippen molar-refractivity contribution in [1.82, 2.24) is 5.32 Å². The van der Waals surface area contributed by atoms with Gasteiger partial charge >= 0.3 is 5.97 Å². The van der Waals surface area contributed by atoms with Gasteiger partial charge < -0.3 is 20.3 Å². The molecule has 3 N–H and O–H groups in total. The fourth-order valence-corrected chi connectivity index (χ4v) is 13.4. The van der Waals surface area contributed by atoms with E-state index in [1.165, 1.54) is 398 Å². The van der Waals surface area contributed by atoms with Crippen LogP contribution in [0.15, 0.2) is 24.3 Å². The van der Waals surface area contributed by atoms with Crippen LogP contribution >= 0.6 is 0 Å². The Morgan fingerprint density at radius 2 is 0.556 bits per heavy atom. The Morgan fingerprint density at radius 3 is 0.844 bits per heavy atom. The molecule has 0 aromatic carbocycles. The molecule has 0 aromatic heterocycles. The number of esters is 1. The molecule has 534 valence electrons. The Bertz CT molecular complexity index is 1410. The van der Waals surface area contributed by atoms with Gasteiger partial charge in [0.25, 0.3) is 0 Å². The second-order valence-electron chi connectivity index (χ2n) is 28.8. The minimum atomic E-state index is -0.667. The Balaban J connectivity index is 3.38. The monoisotopic (exact) mass is 1270 g/mol. The lowest BCUT2D eigenvalue weighted by Crippen LogP contribution is -2.45. The largest absolute Gasteiger partial charge is 0.466 e. The first kappa shape index (κ1) is 88.3. The van der Waals surface area contributed by atoms with E-state index in [1.807, 2.05) is 0 Å². The van der Waals surface area contributed by atoms with Gasteiger partial charge in [-0.25, -0.2) is 0 Å². The zero-order valence-electron chi connectivity index (χ0n) is 61.4. The van der Waals surface area contributed by atoms with Crippen LogP contribution in [0.4, 0.5) is 0 Å². The summed E-state index contributed by atoms with van der Waals surface area (Å²) in [6, 6.07) is -0.544. The minimum absolute atomic E-state index is 0.0182. The number of amides is 1. The summed E-state index contributed by atoms with van der Waals surface area (Å²) in [5.74, 6) is -0.0118. The van der Waals surface area contributed by atoms with Gasteiger partial charge in [0.2, 0.25) is 5.91 Å². The molecule has 1 amide bonds. The number of allylic oxidation sites excluding steroid dienone is 4. The Kier molecular flexibility index (Phi) is 78.3. The molecule has 0 saturated heterocycles. The number of carbonyl (C=O) groups is 2. The number of aliphatic hydroxyl groups excluding tert-OH is 2. The summed E-state index contributed by atoms with van der Waals surface area (Å²) in [6.07, 6.45) is 103. The number of hydrogen-bond acceptors (Lipinski definition) is 5. The van der Waals surface area contributed by atoms with E-state index >= 15 is 0 Å². The van der Waals surface area contributed by atoms with Crippen LogP contribution in [0.25, 0.3) is 0 Å². The first-order chi connectivity index (χ1) is 44.5. The number of rotatable bonds is 79. The van der Waals surface area contributed by atoms with Crippen molar-refractivity contribution in [3.05, 3.63) is 24.3 Å². The molecule has 2 unspecified atom stereocenters. The van der Waals surface area contributed by atoms with Gasteiger partial charge in [-0.1, -0.05) is 430 Å². The standard InChI is InChI=1S/C84H163NO5/c1-3-5-7-9-11-13-15-17-19-21-23-24-25-31-34-37-41-44-48-52-56-60-64-68-72-76-82(87)81(80-86)85-83(88)77-73-69-65-61-57-53-49-45-42-38-35-32-29-27-26-28-30-33-36-39-43-47-51-55-59-63-67-71-75-79-90-84(89)78-74-70-66-62-58-54-50-46-40-22-20-18-16-14-12-10-8-6-4-2/h26,28,33,36,81-82,86-87H,3-25,27,29-32,34-35,37-80H2,1-2H3,(H,85,88)/b28-26-,36-33-. The van der Waals surface area contributed by atoms with Gasteiger partial charge in [-0.15, -0.1) is 0 Å². The molecule has 90 heavy (non-hydrogen) atoms. The lowest BCUT2D eigenvalue weighted by molar-refractivity contribution is -0.143. The molecule has 0 spiro atoms. The topological polar surface area (TPSA) is 95.9 Å². The van der Waals surface area contributed by atoms with Gasteiger partial charge in [0.05, 0.1) is 25.4 Å². The Labute approximate surface area is 564 Å². The lowest BCUT2D eigenvalue weighted by Gasteiger charge is -2.22. The first-order valence-electron chi connectivity index (χ1n) is 41.6. The van der Waals surface area contributed by atoms with E-state index in [2.05, 4.69) is 43.5 Å². The van der Waals surface area contributed by atoms with Crippen LogP contribution in [0, 0.1) is 0 Å². The second kappa shape index (κ2) is 79.8. The summed E-state index contributed by atoms with van der Waals surface area (Å²) in [5, 5.41) is 23.5. The lowest BCUT2D eigenvalue weighted by atomic mass is 10.0. The fourth-order valence-electron chi connectivity index (χ4n) is 13.4. The summed E-state index contributed by atoms with van der Waals surface area (Å²) >= 11 is 0. The molecule has 0 heterocycles. The van der Waals surface area contributed by atoms with Gasteiger partial charge in [0.1, 0.15) is 0 Å². The van der Waals surface area contributed by atoms with E-state index in [1.54, 1.807) is 0 Å². The highest BCUT2D eigenvalue weighted by atomic mass is 16.5. The normalized spacial score (nSPS) is 12.5. The van der Waals surface area contributed by atoms with Crippen LogP contribution in [0.5, 0.6) is 0 Å². The predicted molar refractivity (Wildman–Crippen MR) is 398 cm³/mol. The quantitative estimate of drug-likeness (QED) is 0.0320. The number of aliphatic hydroxyl groups is 2. The number of nitrogens with one attached hydrogen (secondary N) is 1. The molecule has 0 aromatic rings. The molecule has 0 radical (unpaired) electrons. The molecule has 0 aliphatic heterocycles. The minimum Gasteiger partial charge on any atom is -0.466 e. The van der Waals surface area contributed by atoms with E-state index < -0.39 is 12.1 Å². The summed E-state index contributed by atoms with van der Waals surface area (Å²) in [4.78, 5) is 24.7. The highest BCUT2D eigenvalue weighted by Crippen LogP contribution is 2.20. The third-order valence-corrected chi connectivity index (χ3v) is 19.8. The van der Waals surface area contributed by atoms with Crippen LogP contribution in [0.2, 0.25) is 0 Å². The second-order valence-corrected chi connectivity index (χ2v) is 28.8. The molecule has 0 aliphatic carbocycles. The van der Waals surface area contributed by atoms with Crippen LogP contribution in [-0.4, -0.2) is 47.4 Å². The maximum absolute atomic E-state index is 12.6. The molecule has 6 heteroatoms. The van der Waals surface area contributed by atoms with Crippen LogP contribution in [0.3, 0.4) is 0 Å². The summed E-state index contributed by atoms with van der Waals surface area (Å²) < 4.78 is 5.52. The van der Waals surface area contributed by atoms with E-state index in [-0.39, 0.29) is 18.5 Å². The van der Waals surface area contributed by atoms with Gasteiger partial charge in [-0.2, -0.15) is 0 Å². The van der Waals surface area contributed by atoms with Crippen molar-refractivity contribution in [3.8, 4) is 0 Å². The van der Waals surface area contributed by atoms with Crippen molar-refractivity contribution < 1.29 is 24.5 Å². The van der Waals surface area contributed by atoms with Gasteiger partial charge in [0.15, 0.2) is 0 Å². The number of ether oxygens (including phenoxy) is 1. The third-order valence-electron chi connectivity index (χ3n) is 19.8. The number of hydrogen-bond donors (Lipinski definition) is 3. The maximum atomic E-state index is 12.6. The van der Waals surface area contributed by atoms with Crippen LogP contribution in [-0.2, 0) is 14.3 Å². The summed E-state index contributed by atoms with van der Waals surface area (Å²) in [7, 11) is 0. The van der Waals surface area contributed by atoms with Crippen LogP contribution < -0.4 is 5.32 Å². The highest BCUT2D eigenvalue weighted by Gasteiger charge is 2.20. The SMILES string of the molecule is CCCCCCCCCCCCCCCCCCCCCCCCCCCC(O)C(CO)NC(=O)CCCCCCCCCCCCCCC/C=C\C/C=C\CCCCCCCCCCCOC(=O)CCCCCCCCCCCCCCCCCCCCC. The number of unbranched alkanes of at least 4 members (excludes halogenated alkanes) is 64. The van der Waals surface area contributed by atoms with Crippen molar-refractivity contribution in [1.29, 1.82) is 0 Å². The van der Waals surface area contributed by atoms with Crippen molar-refractivity contribution in [2.24, 2.45) is 0 Å². The molecule has 0 bridgehead atoms. The molecule has 2 atom stereocenters. The predicted octanol–water partition coefficient (Wildman–Crippen LogP) is 27.6. The van der Waals surface area contributed by atoms with E-state index in [9.17, 15) is 19.8 Å². The molecule has 0 saturated carbocycles.